The normalized spacial score (nSPS) is 17.9. The molecule has 1 fully saturated rings. The number of ketones is 1. The van der Waals surface area contributed by atoms with Crippen LogP contribution in [0.2, 0.25) is 0 Å². The molecule has 4 rings (SSSR count). The van der Waals surface area contributed by atoms with E-state index in [4.69, 9.17) is 4.74 Å². The number of carbonyl (C=O) groups is 2. The lowest BCUT2D eigenvalue weighted by Gasteiger charge is -2.25. The van der Waals surface area contributed by atoms with Crippen molar-refractivity contribution in [2.75, 3.05) is 7.11 Å². The lowest BCUT2D eigenvalue weighted by molar-refractivity contribution is -0.140. The maximum Gasteiger partial charge on any atom is 0.295 e. The quantitative estimate of drug-likeness (QED) is 0.340. The number of Topliss-reactive ketones (excluding diaryl/α,β-unsaturated/α-hetero) is 1. The van der Waals surface area contributed by atoms with Gasteiger partial charge in [-0.3, -0.25) is 9.59 Å². The Bertz CT molecular complexity index is 1130. The Morgan fingerprint density at radius 2 is 1.87 bits per heavy atom. The number of methoxy groups -OCH3 is 1. The number of amides is 1. The molecule has 1 amide bonds. The molecule has 31 heavy (non-hydrogen) atoms. The third-order valence-electron chi connectivity index (χ3n) is 5.49. The summed E-state index contributed by atoms with van der Waals surface area (Å²) in [5.41, 5.74) is 2.44. The van der Waals surface area contributed by atoms with E-state index in [2.05, 4.69) is 0 Å². The number of benzene rings is 2. The van der Waals surface area contributed by atoms with Crippen molar-refractivity contribution in [2.24, 2.45) is 0 Å². The van der Waals surface area contributed by atoms with Gasteiger partial charge in [0.05, 0.1) is 25.3 Å². The zero-order valence-corrected chi connectivity index (χ0v) is 18.2. The Labute approximate surface area is 185 Å². The fourth-order valence-electron chi connectivity index (χ4n) is 3.83. The molecule has 1 saturated heterocycles. The lowest BCUT2D eigenvalue weighted by Crippen LogP contribution is -2.28. The Kier molecular flexibility index (Phi) is 5.91. The number of aliphatic hydroxyl groups excluding tert-OH is 1. The molecule has 0 saturated carbocycles. The van der Waals surface area contributed by atoms with Crippen molar-refractivity contribution in [1.82, 2.24) is 4.90 Å². The van der Waals surface area contributed by atoms with Gasteiger partial charge >= 0.3 is 0 Å². The van der Waals surface area contributed by atoms with Gasteiger partial charge in [-0.25, -0.2) is 0 Å². The smallest absolute Gasteiger partial charge is 0.295 e. The van der Waals surface area contributed by atoms with Crippen LogP contribution in [0.3, 0.4) is 0 Å². The Balaban J connectivity index is 1.86. The largest absolute Gasteiger partial charge is 0.507 e. The maximum absolute atomic E-state index is 13.1. The highest BCUT2D eigenvalue weighted by atomic mass is 32.1. The van der Waals surface area contributed by atoms with E-state index in [1.807, 2.05) is 48.7 Å². The van der Waals surface area contributed by atoms with Crippen molar-refractivity contribution in [3.05, 3.63) is 93.2 Å². The van der Waals surface area contributed by atoms with E-state index in [1.54, 1.807) is 31.4 Å². The predicted octanol–water partition coefficient (Wildman–Crippen LogP) is 4.94. The zero-order valence-electron chi connectivity index (χ0n) is 17.4. The van der Waals surface area contributed by atoms with Gasteiger partial charge in [0.15, 0.2) is 0 Å². The number of hydrogen-bond acceptors (Lipinski definition) is 5. The van der Waals surface area contributed by atoms with Crippen LogP contribution in [0.15, 0.2) is 71.6 Å². The molecule has 1 aliphatic rings. The van der Waals surface area contributed by atoms with Gasteiger partial charge in [0, 0.05) is 10.4 Å². The number of thiophene rings is 1. The van der Waals surface area contributed by atoms with Crippen LogP contribution in [0.5, 0.6) is 5.75 Å². The molecule has 2 heterocycles. The van der Waals surface area contributed by atoms with E-state index in [1.165, 1.54) is 16.2 Å². The van der Waals surface area contributed by atoms with Gasteiger partial charge in [-0.2, -0.15) is 0 Å². The topological polar surface area (TPSA) is 66.8 Å². The summed E-state index contributed by atoms with van der Waals surface area (Å²) < 4.78 is 5.35. The Morgan fingerprint density at radius 1 is 1.10 bits per heavy atom. The van der Waals surface area contributed by atoms with Gasteiger partial charge < -0.3 is 14.7 Å². The van der Waals surface area contributed by atoms with Crippen LogP contribution >= 0.6 is 11.3 Å². The standard InChI is InChI=1S/C25H23NO4S/c1-3-16-9-11-17(12-10-16)23(27)21-22(18-6-4-7-19(14-18)30-2)26(25(29)24(21)28)15-20-8-5-13-31-20/h4-14,22,27H,3,15H2,1-2H3/b23-21-. The lowest BCUT2D eigenvalue weighted by atomic mass is 9.94. The highest BCUT2D eigenvalue weighted by Crippen LogP contribution is 2.41. The summed E-state index contributed by atoms with van der Waals surface area (Å²) in [7, 11) is 1.57. The summed E-state index contributed by atoms with van der Waals surface area (Å²) in [6, 6.07) is 17.8. The second-order valence-corrected chi connectivity index (χ2v) is 8.37. The first-order valence-corrected chi connectivity index (χ1v) is 11.0. The average Bonchev–Trinajstić information content (AvgIpc) is 3.41. The van der Waals surface area contributed by atoms with E-state index < -0.39 is 17.7 Å². The van der Waals surface area contributed by atoms with Crippen molar-refractivity contribution in [3.63, 3.8) is 0 Å². The molecule has 158 valence electrons. The van der Waals surface area contributed by atoms with Gasteiger partial charge in [0.1, 0.15) is 11.5 Å². The summed E-state index contributed by atoms with van der Waals surface area (Å²) in [5, 5.41) is 13.1. The second-order valence-electron chi connectivity index (χ2n) is 7.33. The summed E-state index contributed by atoms with van der Waals surface area (Å²) in [6.07, 6.45) is 0.871. The molecule has 0 radical (unpaired) electrons. The molecule has 3 aromatic rings. The number of rotatable bonds is 6. The number of likely N-dealkylation sites (tertiary alicyclic amines) is 1. The van der Waals surface area contributed by atoms with E-state index in [0.717, 1.165) is 16.9 Å². The molecule has 6 heteroatoms. The van der Waals surface area contributed by atoms with Gasteiger partial charge in [-0.1, -0.05) is 49.4 Å². The Morgan fingerprint density at radius 3 is 2.52 bits per heavy atom. The first-order chi connectivity index (χ1) is 15.0. The van der Waals surface area contributed by atoms with E-state index in [9.17, 15) is 14.7 Å². The molecule has 2 aromatic carbocycles. The number of hydrogen-bond donors (Lipinski definition) is 1. The van der Waals surface area contributed by atoms with Gasteiger partial charge in [0.25, 0.3) is 11.7 Å². The summed E-state index contributed by atoms with van der Waals surface area (Å²) >= 11 is 1.52. The summed E-state index contributed by atoms with van der Waals surface area (Å²) in [4.78, 5) is 28.6. The highest BCUT2D eigenvalue weighted by Gasteiger charge is 2.46. The first-order valence-electron chi connectivity index (χ1n) is 10.1. The van der Waals surface area contributed by atoms with Crippen LogP contribution in [-0.4, -0.2) is 28.8 Å². The number of aliphatic hydroxyl groups is 1. The fourth-order valence-corrected chi connectivity index (χ4v) is 4.53. The number of ether oxygens (including phenoxy) is 1. The zero-order chi connectivity index (χ0) is 22.0. The van der Waals surface area contributed by atoms with Gasteiger partial charge in [-0.05, 0) is 41.1 Å². The molecular weight excluding hydrogens is 410 g/mol. The number of carbonyl (C=O) groups excluding carboxylic acids is 2. The van der Waals surface area contributed by atoms with Crippen molar-refractivity contribution < 1.29 is 19.4 Å². The van der Waals surface area contributed by atoms with E-state index in [-0.39, 0.29) is 17.9 Å². The maximum atomic E-state index is 13.1. The van der Waals surface area contributed by atoms with Crippen LogP contribution in [0.1, 0.15) is 34.5 Å². The molecule has 0 bridgehead atoms. The van der Waals surface area contributed by atoms with E-state index in [0.29, 0.717) is 16.9 Å². The van der Waals surface area contributed by atoms with Crippen LogP contribution in [-0.2, 0) is 22.6 Å². The fraction of sp³-hybridized carbons (Fsp3) is 0.200. The van der Waals surface area contributed by atoms with Crippen LogP contribution in [0, 0.1) is 0 Å². The molecular formula is C25H23NO4S. The molecule has 1 N–H and O–H groups in total. The summed E-state index contributed by atoms with van der Waals surface area (Å²) in [6.45, 7) is 2.34. The number of nitrogens with zero attached hydrogens (tertiary/aromatic N) is 1. The van der Waals surface area contributed by atoms with Crippen LogP contribution < -0.4 is 4.74 Å². The average molecular weight is 434 g/mol. The molecule has 0 spiro atoms. The van der Waals surface area contributed by atoms with Crippen LogP contribution in [0.25, 0.3) is 5.76 Å². The van der Waals surface area contributed by atoms with Crippen molar-refractivity contribution in [2.45, 2.75) is 25.9 Å². The minimum atomic E-state index is -0.706. The minimum Gasteiger partial charge on any atom is -0.507 e. The van der Waals surface area contributed by atoms with Crippen LogP contribution in [0.4, 0.5) is 0 Å². The van der Waals surface area contributed by atoms with E-state index >= 15 is 0 Å². The SMILES string of the molecule is CCc1ccc(/C(O)=C2/C(=O)C(=O)N(Cc3cccs3)C2c2cccc(OC)c2)cc1. The third kappa shape index (κ3) is 3.99. The van der Waals surface area contributed by atoms with Crippen molar-refractivity contribution in [3.8, 4) is 5.75 Å². The first kappa shape index (κ1) is 20.9. The Hall–Kier alpha value is -3.38. The minimum absolute atomic E-state index is 0.0963. The highest BCUT2D eigenvalue weighted by molar-refractivity contribution is 7.09. The second kappa shape index (κ2) is 8.78. The van der Waals surface area contributed by atoms with Crippen molar-refractivity contribution >= 4 is 28.8 Å². The van der Waals surface area contributed by atoms with Gasteiger partial charge in [0.2, 0.25) is 0 Å². The molecule has 1 atom stereocenters. The molecule has 1 aliphatic heterocycles. The molecule has 1 aromatic heterocycles. The predicted molar refractivity (Wildman–Crippen MR) is 121 cm³/mol. The molecule has 5 nitrogen and oxygen atoms in total. The monoisotopic (exact) mass is 433 g/mol. The third-order valence-corrected chi connectivity index (χ3v) is 6.35. The molecule has 1 unspecified atom stereocenters. The van der Waals surface area contributed by atoms with Gasteiger partial charge in [-0.15, -0.1) is 11.3 Å². The van der Waals surface area contributed by atoms with Crippen molar-refractivity contribution in [1.29, 1.82) is 0 Å². The molecule has 0 aliphatic carbocycles. The summed E-state index contributed by atoms with van der Waals surface area (Å²) in [5.74, 6) is -0.844. The number of aryl methyl sites for hydroxylation is 1.